The maximum absolute atomic E-state index is 5.53. The highest BCUT2D eigenvalue weighted by molar-refractivity contribution is 5.93. The van der Waals surface area contributed by atoms with E-state index >= 15 is 0 Å². The molecule has 0 atom stereocenters. The molecule has 134 valence electrons. The summed E-state index contributed by atoms with van der Waals surface area (Å²) in [5.74, 6) is 1.52. The zero-order valence-corrected chi connectivity index (χ0v) is 14.8. The summed E-state index contributed by atoms with van der Waals surface area (Å²) in [5.41, 5.74) is 3.26. The highest BCUT2D eigenvalue weighted by Crippen LogP contribution is 2.30. The van der Waals surface area contributed by atoms with E-state index in [-0.39, 0.29) is 0 Å². The van der Waals surface area contributed by atoms with Gasteiger partial charge in [0, 0.05) is 30.9 Å². The van der Waals surface area contributed by atoms with Gasteiger partial charge in [-0.15, -0.1) is 0 Å². The van der Waals surface area contributed by atoms with Gasteiger partial charge in [0.15, 0.2) is 0 Å². The molecule has 6 nitrogen and oxygen atoms in total. The Kier molecular flexibility index (Phi) is 4.03. The average molecular weight is 357 g/mol. The Balaban J connectivity index is 1.70. The Morgan fingerprint density at radius 3 is 2.48 bits per heavy atom. The number of anilines is 1. The van der Waals surface area contributed by atoms with Crippen LogP contribution in [-0.2, 0) is 4.74 Å². The number of nitrogens with zero attached hydrogens (tertiary/aromatic N) is 5. The molecule has 0 spiro atoms. The summed E-state index contributed by atoms with van der Waals surface area (Å²) in [7, 11) is 0. The Hall–Kier alpha value is -3.25. The van der Waals surface area contributed by atoms with Crippen LogP contribution >= 0.6 is 0 Å². The molecule has 3 heterocycles. The molecule has 0 N–H and O–H groups in total. The van der Waals surface area contributed by atoms with Gasteiger partial charge in [-0.3, -0.25) is 0 Å². The summed E-state index contributed by atoms with van der Waals surface area (Å²) >= 11 is 0. The van der Waals surface area contributed by atoms with Crippen molar-refractivity contribution in [3.05, 3.63) is 67.0 Å². The Morgan fingerprint density at radius 1 is 0.852 bits per heavy atom. The molecule has 0 unspecified atom stereocenters. The van der Waals surface area contributed by atoms with Crippen LogP contribution in [0.1, 0.15) is 0 Å². The number of hydrogen-bond acceptors (Lipinski definition) is 5. The lowest BCUT2D eigenvalue weighted by molar-refractivity contribution is 0.122. The van der Waals surface area contributed by atoms with Crippen LogP contribution in [-0.4, -0.2) is 46.1 Å². The first-order valence-electron chi connectivity index (χ1n) is 9.08. The van der Waals surface area contributed by atoms with Crippen molar-refractivity contribution in [3.63, 3.8) is 0 Å². The standard InChI is InChI=1S/C21H19N5O/c1-2-5-16(6-3-1)17-7-8-19-18(15-17)20(25-11-13-27-14-12-25)24-21(23-19)26-10-4-9-22-26/h1-10,15H,11-14H2. The lowest BCUT2D eigenvalue weighted by atomic mass is 10.0. The van der Waals surface area contributed by atoms with Gasteiger partial charge in [-0.1, -0.05) is 36.4 Å². The fraction of sp³-hybridized carbons (Fsp3) is 0.190. The highest BCUT2D eigenvalue weighted by Gasteiger charge is 2.18. The third-order valence-corrected chi connectivity index (χ3v) is 4.79. The van der Waals surface area contributed by atoms with Crippen LogP contribution in [0.2, 0.25) is 0 Å². The van der Waals surface area contributed by atoms with Gasteiger partial charge in [0.1, 0.15) is 5.82 Å². The number of morpholine rings is 1. The molecule has 1 saturated heterocycles. The van der Waals surface area contributed by atoms with Crippen LogP contribution < -0.4 is 4.90 Å². The van der Waals surface area contributed by atoms with Gasteiger partial charge in [0.2, 0.25) is 0 Å². The van der Waals surface area contributed by atoms with Crippen molar-refractivity contribution >= 4 is 16.7 Å². The van der Waals surface area contributed by atoms with E-state index in [0.717, 1.165) is 35.4 Å². The van der Waals surface area contributed by atoms with Gasteiger partial charge < -0.3 is 9.64 Å². The second-order valence-electron chi connectivity index (χ2n) is 6.50. The smallest absolute Gasteiger partial charge is 0.253 e. The summed E-state index contributed by atoms with van der Waals surface area (Å²) in [6, 6.07) is 18.6. The van der Waals surface area contributed by atoms with Crippen molar-refractivity contribution in [1.29, 1.82) is 0 Å². The molecule has 5 rings (SSSR count). The van der Waals surface area contributed by atoms with E-state index < -0.39 is 0 Å². The lowest BCUT2D eigenvalue weighted by Crippen LogP contribution is -2.37. The average Bonchev–Trinajstić information content (AvgIpc) is 3.29. The molecule has 0 aliphatic carbocycles. The second-order valence-corrected chi connectivity index (χ2v) is 6.50. The van der Waals surface area contributed by atoms with Gasteiger partial charge in [0.05, 0.1) is 18.7 Å². The van der Waals surface area contributed by atoms with Crippen LogP contribution in [0.4, 0.5) is 5.82 Å². The topological polar surface area (TPSA) is 56.1 Å². The van der Waals surface area contributed by atoms with E-state index in [0.29, 0.717) is 19.2 Å². The number of ether oxygens (including phenoxy) is 1. The molecular formula is C21H19N5O. The molecule has 0 amide bonds. The number of hydrogen-bond donors (Lipinski definition) is 0. The molecule has 0 bridgehead atoms. The van der Waals surface area contributed by atoms with Crippen molar-refractivity contribution in [1.82, 2.24) is 19.7 Å². The monoisotopic (exact) mass is 357 g/mol. The minimum atomic E-state index is 0.585. The van der Waals surface area contributed by atoms with E-state index in [1.54, 1.807) is 10.9 Å². The van der Waals surface area contributed by atoms with Crippen LogP contribution in [0.25, 0.3) is 28.0 Å². The van der Waals surface area contributed by atoms with Crippen LogP contribution in [0, 0.1) is 0 Å². The molecule has 1 aliphatic rings. The van der Waals surface area contributed by atoms with Crippen LogP contribution in [0.15, 0.2) is 67.0 Å². The predicted molar refractivity (Wildman–Crippen MR) is 105 cm³/mol. The first-order valence-corrected chi connectivity index (χ1v) is 9.08. The predicted octanol–water partition coefficient (Wildman–Crippen LogP) is 3.32. The first kappa shape index (κ1) is 16.0. The van der Waals surface area contributed by atoms with Crippen molar-refractivity contribution in [2.24, 2.45) is 0 Å². The largest absolute Gasteiger partial charge is 0.378 e. The van der Waals surface area contributed by atoms with Gasteiger partial charge in [0.25, 0.3) is 5.95 Å². The molecule has 1 fully saturated rings. The fourth-order valence-electron chi connectivity index (χ4n) is 3.42. The summed E-state index contributed by atoms with van der Waals surface area (Å²) in [4.78, 5) is 11.9. The van der Waals surface area contributed by atoms with Crippen molar-refractivity contribution in [2.45, 2.75) is 0 Å². The van der Waals surface area contributed by atoms with Crippen molar-refractivity contribution in [2.75, 3.05) is 31.2 Å². The Morgan fingerprint density at radius 2 is 1.70 bits per heavy atom. The Labute approximate surface area is 157 Å². The van der Waals surface area contributed by atoms with Gasteiger partial charge >= 0.3 is 0 Å². The van der Waals surface area contributed by atoms with Crippen LogP contribution in [0.5, 0.6) is 0 Å². The molecular weight excluding hydrogens is 338 g/mol. The number of aromatic nitrogens is 4. The van der Waals surface area contributed by atoms with E-state index in [2.05, 4.69) is 52.5 Å². The fourth-order valence-corrected chi connectivity index (χ4v) is 3.42. The Bertz CT molecular complexity index is 1060. The summed E-state index contributed by atoms with van der Waals surface area (Å²) in [6.45, 7) is 3.06. The molecule has 27 heavy (non-hydrogen) atoms. The molecule has 1 aliphatic heterocycles. The van der Waals surface area contributed by atoms with E-state index in [4.69, 9.17) is 14.7 Å². The maximum Gasteiger partial charge on any atom is 0.253 e. The number of rotatable bonds is 3. The van der Waals surface area contributed by atoms with Gasteiger partial charge in [-0.25, -0.2) is 9.67 Å². The quantitative estimate of drug-likeness (QED) is 0.563. The third-order valence-electron chi connectivity index (χ3n) is 4.79. The van der Waals surface area contributed by atoms with Crippen molar-refractivity contribution in [3.8, 4) is 17.1 Å². The zero-order chi connectivity index (χ0) is 18.1. The van der Waals surface area contributed by atoms with Crippen molar-refractivity contribution < 1.29 is 4.74 Å². The molecule has 2 aromatic carbocycles. The SMILES string of the molecule is c1ccc(-c2ccc3nc(-n4cccn4)nc(N4CCOCC4)c3c2)cc1. The third kappa shape index (κ3) is 3.04. The molecule has 2 aromatic heterocycles. The highest BCUT2D eigenvalue weighted by atomic mass is 16.5. The lowest BCUT2D eigenvalue weighted by Gasteiger charge is -2.29. The second kappa shape index (κ2) is 6.81. The summed E-state index contributed by atoms with van der Waals surface area (Å²) < 4.78 is 7.23. The minimum absolute atomic E-state index is 0.585. The van der Waals surface area contributed by atoms with E-state index in [1.807, 2.05) is 18.3 Å². The normalized spacial score (nSPS) is 14.6. The molecule has 0 saturated carbocycles. The van der Waals surface area contributed by atoms with E-state index in [1.165, 1.54) is 5.56 Å². The minimum Gasteiger partial charge on any atom is -0.378 e. The van der Waals surface area contributed by atoms with Crippen LogP contribution in [0.3, 0.4) is 0 Å². The number of fused-ring (bicyclic) bond motifs is 1. The molecule has 4 aromatic rings. The first-order chi connectivity index (χ1) is 13.4. The summed E-state index contributed by atoms with van der Waals surface area (Å²) in [5, 5.41) is 5.34. The summed E-state index contributed by atoms with van der Waals surface area (Å²) in [6.07, 6.45) is 3.60. The molecule has 0 radical (unpaired) electrons. The maximum atomic E-state index is 5.53. The van der Waals surface area contributed by atoms with E-state index in [9.17, 15) is 0 Å². The van der Waals surface area contributed by atoms with Gasteiger partial charge in [-0.05, 0) is 29.3 Å². The number of benzene rings is 2. The zero-order valence-electron chi connectivity index (χ0n) is 14.8. The molecule has 6 heteroatoms. The van der Waals surface area contributed by atoms with Gasteiger partial charge in [-0.2, -0.15) is 10.1 Å².